The summed E-state index contributed by atoms with van der Waals surface area (Å²) in [4.78, 5) is 0. The third-order valence-electron chi connectivity index (χ3n) is 1.26. The largest absolute Gasteiger partial charge is 0.497 e. The van der Waals surface area contributed by atoms with Crippen LogP contribution >= 0.6 is 0 Å². The van der Waals surface area contributed by atoms with Crippen LogP contribution in [-0.2, 0) is 0 Å². The highest BCUT2D eigenvalue weighted by molar-refractivity contribution is 5.25. The van der Waals surface area contributed by atoms with Crippen LogP contribution in [0.25, 0.3) is 0 Å². The van der Waals surface area contributed by atoms with Gasteiger partial charge in [-0.2, -0.15) is 0 Å². The van der Waals surface area contributed by atoms with Crippen molar-refractivity contribution < 1.29 is 9.44 Å². The van der Waals surface area contributed by atoms with E-state index in [0.29, 0.717) is 0 Å². The summed E-state index contributed by atoms with van der Waals surface area (Å²) in [5.41, 5.74) is 1.26. The Balaban J connectivity index is 0. The molecule has 0 spiro atoms. The van der Waals surface area contributed by atoms with E-state index in [0.717, 1.165) is 5.75 Å². The molecule has 0 N–H and O–H groups in total. The first kappa shape index (κ1) is 13.5. The highest BCUT2D eigenvalue weighted by Gasteiger charge is 1.85. The molecule has 0 radical (unpaired) electrons. The summed E-state index contributed by atoms with van der Waals surface area (Å²) in [6.45, 7) is 6.06. The van der Waals surface area contributed by atoms with E-state index in [1.54, 1.807) is 7.11 Å². The molecule has 0 aromatic heterocycles. The van der Waals surface area contributed by atoms with E-state index < -0.39 is 0 Å². The fraction of sp³-hybridized carbons (Fsp3) is 0.400. The number of benzene rings is 1. The number of hydrogen-bond donors (Lipinski definition) is 0. The van der Waals surface area contributed by atoms with Crippen LogP contribution in [0, 0.1) is 6.92 Å². The summed E-state index contributed by atoms with van der Waals surface area (Å²) in [5.74, 6) is 0.917. The molecule has 0 saturated heterocycles. The second-order valence-electron chi connectivity index (χ2n) is 2.02. The molecule has 0 bridgehead atoms. The van der Waals surface area contributed by atoms with Gasteiger partial charge in [-0.1, -0.05) is 31.5 Å². The first-order chi connectivity index (χ1) is 5.33. The molecular weight excluding hydrogens is 155 g/mol. The minimum atomic E-state index is 0. The van der Waals surface area contributed by atoms with E-state index >= 15 is 0 Å². The molecule has 1 nitrogen and oxygen atoms in total. The lowest BCUT2D eigenvalue weighted by atomic mass is 10.2. The quantitative estimate of drug-likeness (QED) is 0.632. The van der Waals surface area contributed by atoms with Crippen molar-refractivity contribution in [3.05, 3.63) is 29.8 Å². The highest BCUT2D eigenvalue weighted by atomic mass is 19.0. The molecule has 12 heavy (non-hydrogen) atoms. The Bertz CT molecular complexity index is 182. The molecular formula is C10H17FO. The Morgan fingerprint density at radius 2 is 1.42 bits per heavy atom. The maximum absolute atomic E-state index is 4.97. The first-order valence-corrected chi connectivity index (χ1v) is 3.93. The van der Waals surface area contributed by atoms with Crippen LogP contribution in [0.2, 0.25) is 0 Å². The fourth-order valence-electron chi connectivity index (χ4n) is 0.674. The summed E-state index contributed by atoms with van der Waals surface area (Å²) in [5, 5.41) is 0. The van der Waals surface area contributed by atoms with Crippen molar-refractivity contribution in [2.75, 3.05) is 7.11 Å². The van der Waals surface area contributed by atoms with Gasteiger partial charge in [0.2, 0.25) is 0 Å². The molecule has 1 rings (SSSR count). The van der Waals surface area contributed by atoms with E-state index in [9.17, 15) is 0 Å². The van der Waals surface area contributed by atoms with Gasteiger partial charge in [-0.3, -0.25) is 4.70 Å². The second kappa shape index (κ2) is 8.05. The molecule has 2 heteroatoms. The molecule has 1 aromatic rings. The van der Waals surface area contributed by atoms with Crippen molar-refractivity contribution >= 4 is 0 Å². The zero-order chi connectivity index (χ0) is 8.69. The van der Waals surface area contributed by atoms with Gasteiger partial charge in [-0.05, 0) is 19.1 Å². The second-order valence-corrected chi connectivity index (χ2v) is 2.02. The molecule has 0 unspecified atom stereocenters. The molecule has 70 valence electrons. The summed E-state index contributed by atoms with van der Waals surface area (Å²) in [6, 6.07) is 7.96. The molecule has 0 aliphatic rings. The summed E-state index contributed by atoms with van der Waals surface area (Å²) in [7, 11) is 1.67. The van der Waals surface area contributed by atoms with Gasteiger partial charge in [0.1, 0.15) is 5.75 Å². The van der Waals surface area contributed by atoms with E-state index in [-0.39, 0.29) is 4.70 Å². The Morgan fingerprint density at radius 1 is 1.00 bits per heavy atom. The van der Waals surface area contributed by atoms with Crippen LogP contribution in [0.5, 0.6) is 5.75 Å². The lowest BCUT2D eigenvalue weighted by molar-refractivity contribution is 0.414. The Morgan fingerprint density at radius 3 is 1.75 bits per heavy atom. The van der Waals surface area contributed by atoms with Crippen LogP contribution in [-0.4, -0.2) is 7.11 Å². The van der Waals surface area contributed by atoms with Gasteiger partial charge in [0.05, 0.1) is 7.11 Å². The highest BCUT2D eigenvalue weighted by Crippen LogP contribution is 2.09. The zero-order valence-electron chi connectivity index (χ0n) is 8.13. The van der Waals surface area contributed by atoms with Gasteiger partial charge in [0.15, 0.2) is 0 Å². The minimum absolute atomic E-state index is 0. The zero-order valence-corrected chi connectivity index (χ0v) is 8.13. The maximum atomic E-state index is 4.97. The van der Waals surface area contributed by atoms with Crippen molar-refractivity contribution in [3.8, 4) is 5.75 Å². The predicted molar refractivity (Wildman–Crippen MR) is 51.6 cm³/mol. The van der Waals surface area contributed by atoms with Crippen molar-refractivity contribution in [3.63, 3.8) is 0 Å². The third kappa shape index (κ3) is 4.72. The molecule has 1 aromatic carbocycles. The summed E-state index contributed by atoms with van der Waals surface area (Å²) in [6.07, 6.45) is 0. The van der Waals surface area contributed by atoms with Crippen molar-refractivity contribution in [2.45, 2.75) is 20.8 Å². The molecule has 0 heterocycles. The average molecular weight is 172 g/mol. The van der Waals surface area contributed by atoms with Crippen molar-refractivity contribution in [1.29, 1.82) is 0 Å². The van der Waals surface area contributed by atoms with Gasteiger partial charge >= 0.3 is 0 Å². The van der Waals surface area contributed by atoms with Crippen molar-refractivity contribution in [2.24, 2.45) is 0 Å². The summed E-state index contributed by atoms with van der Waals surface area (Å²) >= 11 is 0. The normalized spacial score (nSPS) is 7.33. The molecule has 0 saturated carbocycles. The van der Waals surface area contributed by atoms with Gasteiger partial charge in [0.25, 0.3) is 0 Å². The molecule has 0 amide bonds. The van der Waals surface area contributed by atoms with E-state index in [4.69, 9.17) is 4.74 Å². The Kier molecular flexibility index (Phi) is 9.08. The van der Waals surface area contributed by atoms with Crippen LogP contribution in [0.15, 0.2) is 24.3 Å². The van der Waals surface area contributed by atoms with Gasteiger partial charge in [-0.15, -0.1) is 0 Å². The van der Waals surface area contributed by atoms with Crippen molar-refractivity contribution in [1.82, 2.24) is 0 Å². The average Bonchev–Trinajstić information content (AvgIpc) is 2.10. The molecule has 0 atom stereocenters. The fourth-order valence-corrected chi connectivity index (χ4v) is 0.674. The maximum Gasteiger partial charge on any atom is 0.118 e. The predicted octanol–water partition coefficient (Wildman–Crippen LogP) is 3.18. The van der Waals surface area contributed by atoms with Crippen LogP contribution in [0.4, 0.5) is 4.70 Å². The monoisotopic (exact) mass is 172 g/mol. The number of rotatable bonds is 1. The van der Waals surface area contributed by atoms with Gasteiger partial charge < -0.3 is 4.74 Å². The van der Waals surface area contributed by atoms with Crippen LogP contribution in [0.3, 0.4) is 0 Å². The summed E-state index contributed by atoms with van der Waals surface area (Å²) < 4.78 is 4.97. The lowest BCUT2D eigenvalue weighted by Gasteiger charge is -1.97. The van der Waals surface area contributed by atoms with Gasteiger partial charge in [-0.25, -0.2) is 0 Å². The number of hydrogen-bond acceptors (Lipinski definition) is 1. The van der Waals surface area contributed by atoms with Crippen LogP contribution < -0.4 is 4.74 Å². The van der Waals surface area contributed by atoms with E-state index in [1.165, 1.54) is 5.56 Å². The number of aryl methyl sites for hydroxylation is 1. The third-order valence-corrected chi connectivity index (χ3v) is 1.26. The van der Waals surface area contributed by atoms with E-state index in [2.05, 4.69) is 6.92 Å². The number of methoxy groups -OCH3 is 1. The Labute approximate surface area is 73.7 Å². The van der Waals surface area contributed by atoms with E-state index in [1.807, 2.05) is 38.1 Å². The SMILES string of the molecule is CC.COc1ccc(C)cc1.F. The smallest absolute Gasteiger partial charge is 0.118 e. The van der Waals surface area contributed by atoms with Crippen LogP contribution in [0.1, 0.15) is 19.4 Å². The number of halogens is 1. The minimum Gasteiger partial charge on any atom is -0.497 e. The molecule has 0 aliphatic carbocycles. The topological polar surface area (TPSA) is 9.23 Å². The first-order valence-electron chi connectivity index (χ1n) is 3.93. The molecule has 0 aliphatic heterocycles. The van der Waals surface area contributed by atoms with Gasteiger partial charge in [0, 0.05) is 0 Å². The number of ether oxygens (including phenoxy) is 1. The lowest BCUT2D eigenvalue weighted by Crippen LogP contribution is -1.80. The Hall–Kier alpha value is -1.05. The standard InChI is InChI=1S/C8H10O.C2H6.FH/c1-7-3-5-8(9-2)6-4-7;1-2;/h3-6H,1-2H3;1-2H3;1H. The molecule has 0 fully saturated rings.